The van der Waals surface area contributed by atoms with E-state index in [9.17, 15) is 4.79 Å². The predicted molar refractivity (Wildman–Crippen MR) is 95.8 cm³/mol. The molecule has 2 unspecified atom stereocenters. The third-order valence-electron chi connectivity index (χ3n) is 4.97. The summed E-state index contributed by atoms with van der Waals surface area (Å²) in [6.45, 7) is 4.20. The maximum Gasteiger partial charge on any atom is 0.255 e. The Morgan fingerprint density at radius 3 is 2.70 bits per heavy atom. The Hall–Kier alpha value is -1.68. The Morgan fingerprint density at radius 2 is 2.04 bits per heavy atom. The van der Waals surface area contributed by atoms with Crippen molar-refractivity contribution < 1.29 is 4.79 Å². The summed E-state index contributed by atoms with van der Waals surface area (Å²) in [7, 11) is 1.95. The number of carbonyl (C=O) groups excluding carboxylic acids is 1. The van der Waals surface area contributed by atoms with Gasteiger partial charge in [0.15, 0.2) is 0 Å². The van der Waals surface area contributed by atoms with Gasteiger partial charge in [-0.3, -0.25) is 9.78 Å². The normalized spacial score (nSPS) is 21.2. The van der Waals surface area contributed by atoms with Crippen molar-refractivity contribution >= 4 is 17.2 Å². The molecule has 3 nitrogen and oxygen atoms in total. The summed E-state index contributed by atoms with van der Waals surface area (Å²) < 4.78 is 0. The third-order valence-corrected chi connectivity index (χ3v) is 5.87. The van der Waals surface area contributed by atoms with E-state index in [1.54, 1.807) is 11.3 Å². The lowest BCUT2D eigenvalue weighted by molar-refractivity contribution is 0.0628. The molecule has 3 rings (SSSR count). The van der Waals surface area contributed by atoms with Crippen LogP contribution in [0.1, 0.15) is 48.7 Å². The maximum atomic E-state index is 12.9. The molecule has 122 valence electrons. The standard InChI is InChI=1S/C19H24N2OS/c1-13-7-4-5-8-17(13)21(3)19(22)15-10-11-16(20-14(15)2)18-9-6-12-23-18/h6,9-13,17H,4-5,7-8H2,1-3H3. The molecule has 0 aliphatic heterocycles. The van der Waals surface area contributed by atoms with E-state index in [4.69, 9.17) is 0 Å². The first kappa shape index (κ1) is 16.2. The second-order valence-corrected chi connectivity index (χ2v) is 7.50. The fraction of sp³-hybridized carbons (Fsp3) is 0.474. The number of amides is 1. The van der Waals surface area contributed by atoms with Crippen LogP contribution in [0, 0.1) is 12.8 Å². The van der Waals surface area contributed by atoms with Gasteiger partial charge in [0, 0.05) is 13.1 Å². The average Bonchev–Trinajstić information content (AvgIpc) is 3.08. The predicted octanol–water partition coefficient (Wildman–Crippen LogP) is 4.77. The van der Waals surface area contributed by atoms with Gasteiger partial charge >= 0.3 is 0 Å². The van der Waals surface area contributed by atoms with Crippen molar-refractivity contribution in [3.63, 3.8) is 0 Å². The van der Waals surface area contributed by atoms with Crippen LogP contribution in [-0.4, -0.2) is 28.9 Å². The molecule has 2 aromatic heterocycles. The Kier molecular flexibility index (Phi) is 4.81. The highest BCUT2D eigenvalue weighted by Gasteiger charge is 2.29. The summed E-state index contributed by atoms with van der Waals surface area (Å²) >= 11 is 1.67. The first-order chi connectivity index (χ1) is 11.1. The molecule has 1 aliphatic rings. The highest BCUT2D eigenvalue weighted by Crippen LogP contribution is 2.29. The summed E-state index contributed by atoms with van der Waals surface area (Å²) in [5.41, 5.74) is 2.49. The van der Waals surface area contributed by atoms with Crippen LogP contribution in [0.2, 0.25) is 0 Å². The molecule has 0 aromatic carbocycles. The number of thiophene rings is 1. The maximum absolute atomic E-state index is 12.9. The van der Waals surface area contributed by atoms with Crippen molar-refractivity contribution in [1.29, 1.82) is 0 Å². The molecule has 1 aliphatic carbocycles. The molecule has 23 heavy (non-hydrogen) atoms. The smallest absolute Gasteiger partial charge is 0.255 e. The lowest BCUT2D eigenvalue weighted by Crippen LogP contribution is -2.42. The molecule has 4 heteroatoms. The summed E-state index contributed by atoms with van der Waals surface area (Å²) in [4.78, 5) is 20.6. The van der Waals surface area contributed by atoms with Crippen LogP contribution in [0.4, 0.5) is 0 Å². The van der Waals surface area contributed by atoms with E-state index in [0.29, 0.717) is 12.0 Å². The molecule has 0 saturated heterocycles. The van der Waals surface area contributed by atoms with Gasteiger partial charge in [-0.1, -0.05) is 25.8 Å². The van der Waals surface area contributed by atoms with Crippen molar-refractivity contribution in [2.45, 2.75) is 45.6 Å². The summed E-state index contributed by atoms with van der Waals surface area (Å²) in [5, 5.41) is 2.05. The van der Waals surface area contributed by atoms with E-state index in [2.05, 4.69) is 18.0 Å². The van der Waals surface area contributed by atoms with Crippen LogP contribution in [0.3, 0.4) is 0 Å². The number of hydrogen-bond donors (Lipinski definition) is 0. The second-order valence-electron chi connectivity index (χ2n) is 6.55. The highest BCUT2D eigenvalue weighted by atomic mass is 32.1. The summed E-state index contributed by atoms with van der Waals surface area (Å²) in [6.07, 6.45) is 4.84. The fourth-order valence-corrected chi connectivity index (χ4v) is 4.26. The number of pyridine rings is 1. The molecular weight excluding hydrogens is 304 g/mol. The summed E-state index contributed by atoms with van der Waals surface area (Å²) in [5.74, 6) is 0.683. The van der Waals surface area contributed by atoms with Gasteiger partial charge in [-0.2, -0.15) is 0 Å². The van der Waals surface area contributed by atoms with Crippen molar-refractivity contribution in [3.8, 4) is 10.6 Å². The molecule has 1 amide bonds. The van der Waals surface area contributed by atoms with Crippen LogP contribution in [0.15, 0.2) is 29.6 Å². The van der Waals surface area contributed by atoms with E-state index >= 15 is 0 Å². The lowest BCUT2D eigenvalue weighted by Gasteiger charge is -2.36. The summed E-state index contributed by atoms with van der Waals surface area (Å²) in [6, 6.07) is 8.33. The molecule has 2 heterocycles. The molecule has 0 N–H and O–H groups in total. The minimum absolute atomic E-state index is 0.103. The quantitative estimate of drug-likeness (QED) is 0.813. The lowest BCUT2D eigenvalue weighted by atomic mass is 9.85. The van der Waals surface area contributed by atoms with Crippen LogP contribution >= 0.6 is 11.3 Å². The van der Waals surface area contributed by atoms with E-state index in [0.717, 1.165) is 28.2 Å². The van der Waals surface area contributed by atoms with E-state index in [1.165, 1.54) is 19.3 Å². The largest absolute Gasteiger partial charge is 0.338 e. The van der Waals surface area contributed by atoms with Crippen LogP contribution in [0.5, 0.6) is 0 Å². The number of rotatable bonds is 3. The average molecular weight is 328 g/mol. The highest BCUT2D eigenvalue weighted by molar-refractivity contribution is 7.13. The van der Waals surface area contributed by atoms with E-state index in [1.807, 2.05) is 42.5 Å². The minimum Gasteiger partial charge on any atom is -0.338 e. The Labute approximate surface area is 142 Å². The zero-order valence-corrected chi connectivity index (χ0v) is 14.9. The Bertz CT molecular complexity index is 681. The van der Waals surface area contributed by atoms with Crippen molar-refractivity contribution in [2.75, 3.05) is 7.05 Å². The number of aromatic nitrogens is 1. The van der Waals surface area contributed by atoms with Gasteiger partial charge in [-0.05, 0) is 49.3 Å². The SMILES string of the molecule is Cc1nc(-c2cccs2)ccc1C(=O)N(C)C1CCCCC1C. The van der Waals surface area contributed by atoms with Gasteiger partial charge in [-0.15, -0.1) is 11.3 Å². The molecule has 0 radical (unpaired) electrons. The van der Waals surface area contributed by atoms with E-state index < -0.39 is 0 Å². The molecule has 2 atom stereocenters. The van der Waals surface area contributed by atoms with Gasteiger partial charge in [0.1, 0.15) is 0 Å². The number of carbonyl (C=O) groups is 1. The first-order valence-electron chi connectivity index (χ1n) is 8.36. The Balaban J connectivity index is 1.82. The van der Waals surface area contributed by atoms with Crippen molar-refractivity contribution in [3.05, 3.63) is 40.9 Å². The topological polar surface area (TPSA) is 33.2 Å². The fourth-order valence-electron chi connectivity index (χ4n) is 3.56. The molecule has 1 saturated carbocycles. The van der Waals surface area contributed by atoms with Crippen LogP contribution < -0.4 is 0 Å². The molecule has 0 spiro atoms. The Morgan fingerprint density at radius 1 is 1.26 bits per heavy atom. The number of hydrogen-bond acceptors (Lipinski definition) is 3. The molecule has 2 aromatic rings. The van der Waals surface area contributed by atoms with E-state index in [-0.39, 0.29) is 5.91 Å². The van der Waals surface area contributed by atoms with Gasteiger partial charge in [0.25, 0.3) is 5.91 Å². The first-order valence-corrected chi connectivity index (χ1v) is 9.24. The number of nitrogens with zero attached hydrogens (tertiary/aromatic N) is 2. The monoisotopic (exact) mass is 328 g/mol. The van der Waals surface area contributed by atoms with Gasteiger partial charge in [0.2, 0.25) is 0 Å². The van der Waals surface area contributed by atoms with Crippen molar-refractivity contribution in [1.82, 2.24) is 9.88 Å². The zero-order valence-electron chi connectivity index (χ0n) is 14.1. The molecular formula is C19H24N2OS. The van der Waals surface area contributed by atoms with Gasteiger partial charge in [-0.25, -0.2) is 0 Å². The third kappa shape index (κ3) is 3.32. The van der Waals surface area contributed by atoms with Crippen LogP contribution in [0.25, 0.3) is 10.6 Å². The van der Waals surface area contributed by atoms with Gasteiger partial charge in [0.05, 0.1) is 21.8 Å². The molecule has 1 fully saturated rings. The number of aryl methyl sites for hydroxylation is 1. The molecule has 0 bridgehead atoms. The second kappa shape index (κ2) is 6.83. The van der Waals surface area contributed by atoms with Crippen molar-refractivity contribution in [2.24, 2.45) is 5.92 Å². The zero-order chi connectivity index (χ0) is 16.4. The van der Waals surface area contributed by atoms with Gasteiger partial charge < -0.3 is 4.90 Å². The minimum atomic E-state index is 0.103. The van der Waals surface area contributed by atoms with Crippen LogP contribution in [-0.2, 0) is 0 Å².